The van der Waals surface area contributed by atoms with E-state index in [1.807, 2.05) is 12.1 Å². The first kappa shape index (κ1) is 11.4. The third-order valence-electron chi connectivity index (χ3n) is 2.21. The molecule has 0 saturated heterocycles. The van der Waals surface area contributed by atoms with Crippen molar-refractivity contribution in [3.05, 3.63) is 29.0 Å². The second-order valence-corrected chi connectivity index (χ2v) is 5.24. The maximum absolute atomic E-state index is 5.66. The Morgan fingerprint density at radius 2 is 2.17 bits per heavy atom. The van der Waals surface area contributed by atoms with Gasteiger partial charge < -0.3 is 5.73 Å². The molecule has 0 saturated carbocycles. The molecule has 3 rings (SSSR count). The van der Waals surface area contributed by atoms with Crippen molar-refractivity contribution in [2.75, 3.05) is 5.73 Å². The number of pyridine rings is 1. The van der Waals surface area contributed by atoms with Gasteiger partial charge in [0.2, 0.25) is 5.95 Å². The van der Waals surface area contributed by atoms with E-state index >= 15 is 0 Å². The van der Waals surface area contributed by atoms with Gasteiger partial charge in [0, 0.05) is 6.20 Å². The van der Waals surface area contributed by atoms with Crippen LogP contribution in [0.2, 0.25) is 0 Å². The van der Waals surface area contributed by atoms with Crippen LogP contribution >= 0.6 is 27.7 Å². The second kappa shape index (κ2) is 4.54. The highest BCUT2D eigenvalue weighted by molar-refractivity contribution is 9.10. The van der Waals surface area contributed by atoms with Gasteiger partial charge in [0.1, 0.15) is 10.1 Å². The lowest BCUT2D eigenvalue weighted by atomic mass is 10.4. The number of H-pyrrole nitrogens is 1. The fourth-order valence-electron chi connectivity index (χ4n) is 1.44. The number of rotatable bonds is 2. The molecule has 0 atom stereocenters. The fraction of sp³-hybridized carbons (Fsp3) is 0. The molecule has 18 heavy (non-hydrogen) atoms. The van der Waals surface area contributed by atoms with Crippen LogP contribution in [0.5, 0.6) is 0 Å². The van der Waals surface area contributed by atoms with E-state index in [1.165, 1.54) is 11.8 Å². The summed E-state index contributed by atoms with van der Waals surface area (Å²) in [6.07, 6.45) is 3.40. The topological polar surface area (TPSA) is 93.4 Å². The molecule has 3 aromatic rings. The van der Waals surface area contributed by atoms with Crippen LogP contribution < -0.4 is 5.73 Å². The Labute approximate surface area is 115 Å². The number of fused-ring (bicyclic) bond motifs is 1. The monoisotopic (exact) mass is 322 g/mol. The van der Waals surface area contributed by atoms with E-state index in [0.717, 1.165) is 19.9 Å². The van der Waals surface area contributed by atoms with Crippen molar-refractivity contribution < 1.29 is 0 Å². The minimum Gasteiger partial charge on any atom is -0.368 e. The average Bonchev–Trinajstić information content (AvgIpc) is 2.80. The zero-order chi connectivity index (χ0) is 12.5. The summed E-state index contributed by atoms with van der Waals surface area (Å²) in [4.78, 5) is 12.6. The number of aromatic amines is 1. The molecule has 0 fully saturated rings. The van der Waals surface area contributed by atoms with Gasteiger partial charge in [-0.25, -0.2) is 9.97 Å². The van der Waals surface area contributed by atoms with E-state index in [1.54, 1.807) is 12.4 Å². The van der Waals surface area contributed by atoms with Gasteiger partial charge in [-0.1, -0.05) is 0 Å². The molecular formula is C10H7BrN6S. The summed E-state index contributed by atoms with van der Waals surface area (Å²) in [5.74, 6) is 0.210. The SMILES string of the molecule is Nc1nc(Sc2ncccc2Br)c2cn[nH]c2n1. The molecule has 90 valence electrons. The Kier molecular flexibility index (Phi) is 2.88. The maximum atomic E-state index is 5.66. The van der Waals surface area contributed by atoms with Crippen LogP contribution in [0, 0.1) is 0 Å². The lowest BCUT2D eigenvalue weighted by Gasteiger charge is -2.03. The predicted molar refractivity (Wildman–Crippen MR) is 72.2 cm³/mol. The Morgan fingerprint density at radius 3 is 3.00 bits per heavy atom. The summed E-state index contributed by atoms with van der Waals surface area (Å²) in [6, 6.07) is 3.78. The Morgan fingerprint density at radius 1 is 1.28 bits per heavy atom. The van der Waals surface area contributed by atoms with E-state index < -0.39 is 0 Å². The molecule has 0 spiro atoms. The first-order valence-electron chi connectivity index (χ1n) is 4.99. The average molecular weight is 323 g/mol. The van der Waals surface area contributed by atoms with Crippen LogP contribution in [-0.2, 0) is 0 Å². The Balaban J connectivity index is 2.10. The number of nitrogens with two attached hydrogens (primary N) is 1. The highest BCUT2D eigenvalue weighted by Gasteiger charge is 2.11. The van der Waals surface area contributed by atoms with E-state index in [9.17, 15) is 0 Å². The Hall–Kier alpha value is -1.67. The summed E-state index contributed by atoms with van der Waals surface area (Å²) >= 11 is 4.86. The van der Waals surface area contributed by atoms with Gasteiger partial charge in [-0.3, -0.25) is 5.10 Å². The van der Waals surface area contributed by atoms with Crippen molar-refractivity contribution in [1.29, 1.82) is 0 Å². The molecule has 3 heterocycles. The van der Waals surface area contributed by atoms with Crippen LogP contribution in [0.15, 0.2) is 39.1 Å². The highest BCUT2D eigenvalue weighted by Crippen LogP contribution is 2.33. The molecule has 8 heteroatoms. The minimum absolute atomic E-state index is 0.210. The maximum Gasteiger partial charge on any atom is 0.223 e. The molecule has 0 aliphatic rings. The van der Waals surface area contributed by atoms with Crippen LogP contribution in [0.3, 0.4) is 0 Å². The molecule has 6 nitrogen and oxygen atoms in total. The number of nitrogens with one attached hydrogen (secondary N) is 1. The molecule has 0 aliphatic heterocycles. The van der Waals surface area contributed by atoms with Gasteiger partial charge in [-0.2, -0.15) is 10.1 Å². The third-order valence-corrected chi connectivity index (χ3v) is 4.14. The van der Waals surface area contributed by atoms with Crippen LogP contribution in [0.25, 0.3) is 11.0 Å². The first-order chi connectivity index (χ1) is 8.74. The number of nitrogen functional groups attached to an aromatic ring is 1. The molecule has 0 aromatic carbocycles. The standard InChI is InChI=1S/C10H7BrN6S/c11-6-2-1-3-13-9(6)18-8-5-4-14-17-7(5)15-10(12)16-8/h1-4H,(H3,12,14,15,16,17). The Bertz CT molecular complexity index is 712. The van der Waals surface area contributed by atoms with E-state index in [0.29, 0.717) is 5.65 Å². The largest absolute Gasteiger partial charge is 0.368 e. The second-order valence-electron chi connectivity index (χ2n) is 3.41. The van der Waals surface area contributed by atoms with Crippen molar-refractivity contribution in [3.8, 4) is 0 Å². The van der Waals surface area contributed by atoms with Gasteiger partial charge in [-0.15, -0.1) is 0 Å². The predicted octanol–water partition coefficient (Wildman–Crippen LogP) is 2.24. The van der Waals surface area contributed by atoms with Gasteiger partial charge in [0.15, 0.2) is 5.65 Å². The highest BCUT2D eigenvalue weighted by atomic mass is 79.9. The van der Waals surface area contributed by atoms with Crippen LogP contribution in [0.1, 0.15) is 0 Å². The molecule has 0 aliphatic carbocycles. The smallest absolute Gasteiger partial charge is 0.223 e. The summed E-state index contributed by atoms with van der Waals surface area (Å²) in [7, 11) is 0. The zero-order valence-electron chi connectivity index (χ0n) is 8.96. The normalized spacial score (nSPS) is 10.9. The molecular weight excluding hydrogens is 316 g/mol. The number of nitrogens with zero attached hydrogens (tertiary/aromatic N) is 4. The number of aromatic nitrogens is 5. The van der Waals surface area contributed by atoms with Crippen LogP contribution in [0.4, 0.5) is 5.95 Å². The van der Waals surface area contributed by atoms with E-state index in [4.69, 9.17) is 5.73 Å². The van der Waals surface area contributed by atoms with E-state index in [2.05, 4.69) is 41.1 Å². The van der Waals surface area contributed by atoms with Crippen molar-refractivity contribution in [2.45, 2.75) is 10.1 Å². The summed E-state index contributed by atoms with van der Waals surface area (Å²) < 4.78 is 0.906. The van der Waals surface area contributed by atoms with Crippen LogP contribution in [-0.4, -0.2) is 25.1 Å². The fourth-order valence-corrected chi connectivity index (χ4v) is 2.80. The lowest BCUT2D eigenvalue weighted by Crippen LogP contribution is -1.96. The summed E-state index contributed by atoms with van der Waals surface area (Å²) in [5, 5.41) is 9.08. The van der Waals surface area contributed by atoms with Gasteiger partial charge in [-0.05, 0) is 39.8 Å². The van der Waals surface area contributed by atoms with Gasteiger partial charge >= 0.3 is 0 Å². The van der Waals surface area contributed by atoms with Gasteiger partial charge in [0.05, 0.1) is 16.1 Å². The van der Waals surface area contributed by atoms with Crippen molar-refractivity contribution >= 4 is 44.7 Å². The molecule has 3 aromatic heterocycles. The minimum atomic E-state index is 0.210. The number of hydrogen-bond donors (Lipinski definition) is 2. The van der Waals surface area contributed by atoms with Crippen molar-refractivity contribution in [2.24, 2.45) is 0 Å². The van der Waals surface area contributed by atoms with E-state index in [-0.39, 0.29) is 5.95 Å². The number of halogens is 1. The molecule has 0 radical (unpaired) electrons. The van der Waals surface area contributed by atoms with Gasteiger partial charge in [0.25, 0.3) is 0 Å². The lowest BCUT2D eigenvalue weighted by molar-refractivity contribution is 1.07. The summed E-state index contributed by atoms with van der Waals surface area (Å²) in [5.41, 5.74) is 6.28. The molecule has 3 N–H and O–H groups in total. The van der Waals surface area contributed by atoms with Crippen molar-refractivity contribution in [3.63, 3.8) is 0 Å². The molecule has 0 bridgehead atoms. The number of hydrogen-bond acceptors (Lipinski definition) is 6. The molecule has 0 unspecified atom stereocenters. The first-order valence-corrected chi connectivity index (χ1v) is 6.60. The zero-order valence-corrected chi connectivity index (χ0v) is 11.4. The van der Waals surface area contributed by atoms with Crippen molar-refractivity contribution in [1.82, 2.24) is 25.1 Å². The molecule has 0 amide bonds. The number of anilines is 1. The quantitative estimate of drug-likeness (QED) is 0.703. The summed E-state index contributed by atoms with van der Waals surface area (Å²) in [6.45, 7) is 0. The third kappa shape index (κ3) is 2.04.